The third kappa shape index (κ3) is 7.90. The molecule has 0 unspecified atom stereocenters. The summed E-state index contributed by atoms with van der Waals surface area (Å²) in [4.78, 5) is 26.2. The van der Waals surface area contributed by atoms with Crippen molar-refractivity contribution in [1.82, 2.24) is 15.5 Å². The van der Waals surface area contributed by atoms with Gasteiger partial charge in [-0.05, 0) is 68.8 Å². The number of hydrogen-bond donors (Lipinski definition) is 2. The Morgan fingerprint density at radius 1 is 0.848 bits per heavy atom. The molecule has 2 fully saturated rings. The number of hydrogen-bond acceptors (Lipinski definition) is 3. The van der Waals surface area contributed by atoms with Gasteiger partial charge in [0, 0.05) is 31.6 Å². The van der Waals surface area contributed by atoms with E-state index in [4.69, 9.17) is 0 Å². The number of rotatable bonds is 8. The van der Waals surface area contributed by atoms with Gasteiger partial charge in [0.2, 0.25) is 5.91 Å². The summed E-state index contributed by atoms with van der Waals surface area (Å²) in [5.41, 5.74) is -3.70. The maximum atomic E-state index is 13.0. The molecule has 1 saturated carbocycles. The van der Waals surface area contributed by atoms with Gasteiger partial charge in [0.25, 0.3) is 5.91 Å². The zero-order valence-electron chi connectivity index (χ0n) is 18.0. The SMILES string of the molecule is O=C(CC1CC1)NCCN1CCC(CNC(=O)c2cc(C(F)(F)F)cc(C(F)(F)F)c2)CC1. The summed E-state index contributed by atoms with van der Waals surface area (Å²) in [5, 5.41) is 5.38. The lowest BCUT2D eigenvalue weighted by molar-refractivity contribution is -0.143. The number of piperidine rings is 1. The summed E-state index contributed by atoms with van der Waals surface area (Å²) in [6, 6.07) is 0.871. The minimum atomic E-state index is -5.00. The van der Waals surface area contributed by atoms with E-state index in [1.54, 1.807) is 0 Å². The third-order valence-electron chi connectivity index (χ3n) is 6.03. The predicted octanol–water partition coefficient (Wildman–Crippen LogP) is 4.08. The summed E-state index contributed by atoms with van der Waals surface area (Å²) in [6.45, 7) is 2.91. The van der Waals surface area contributed by atoms with E-state index in [0.29, 0.717) is 37.6 Å². The van der Waals surface area contributed by atoms with Crippen LogP contribution in [0.5, 0.6) is 0 Å². The topological polar surface area (TPSA) is 61.4 Å². The summed E-state index contributed by atoms with van der Waals surface area (Å²) < 4.78 is 77.9. The molecule has 2 aliphatic rings. The number of amides is 2. The van der Waals surface area contributed by atoms with Gasteiger partial charge in [-0.25, -0.2) is 0 Å². The van der Waals surface area contributed by atoms with Gasteiger partial charge in [-0.2, -0.15) is 26.3 Å². The molecule has 184 valence electrons. The van der Waals surface area contributed by atoms with Crippen LogP contribution in [0.2, 0.25) is 0 Å². The Kier molecular flexibility index (Phi) is 7.92. The van der Waals surface area contributed by atoms with Crippen molar-refractivity contribution in [2.75, 3.05) is 32.7 Å². The van der Waals surface area contributed by atoms with Crippen LogP contribution in [-0.2, 0) is 17.1 Å². The van der Waals surface area contributed by atoms with Crippen LogP contribution < -0.4 is 10.6 Å². The van der Waals surface area contributed by atoms with Gasteiger partial charge in [0.15, 0.2) is 0 Å². The minimum Gasteiger partial charge on any atom is -0.355 e. The van der Waals surface area contributed by atoms with Crippen LogP contribution in [-0.4, -0.2) is 49.4 Å². The van der Waals surface area contributed by atoms with Crippen molar-refractivity contribution in [3.63, 3.8) is 0 Å². The van der Waals surface area contributed by atoms with Crippen LogP contribution in [0.15, 0.2) is 18.2 Å². The van der Waals surface area contributed by atoms with Crippen LogP contribution in [0.4, 0.5) is 26.3 Å². The molecule has 1 aromatic rings. The highest BCUT2D eigenvalue weighted by molar-refractivity contribution is 5.94. The fraction of sp³-hybridized carbons (Fsp3) is 0.636. The Labute approximate surface area is 187 Å². The van der Waals surface area contributed by atoms with E-state index in [1.165, 1.54) is 0 Å². The Balaban J connectivity index is 1.45. The third-order valence-corrected chi connectivity index (χ3v) is 6.03. The van der Waals surface area contributed by atoms with Gasteiger partial charge in [-0.1, -0.05) is 0 Å². The largest absolute Gasteiger partial charge is 0.416 e. The molecular weight excluding hydrogens is 452 g/mol. The molecular formula is C22H27F6N3O2. The summed E-state index contributed by atoms with van der Waals surface area (Å²) in [5.74, 6) is -0.291. The fourth-order valence-electron chi connectivity index (χ4n) is 3.85. The average Bonchev–Trinajstić information content (AvgIpc) is 3.55. The van der Waals surface area contributed by atoms with E-state index in [0.717, 1.165) is 38.8 Å². The van der Waals surface area contributed by atoms with Crippen molar-refractivity contribution in [2.24, 2.45) is 11.8 Å². The summed E-state index contributed by atoms with van der Waals surface area (Å²) >= 11 is 0. The molecule has 2 amide bonds. The van der Waals surface area contributed by atoms with Gasteiger partial charge in [0.1, 0.15) is 0 Å². The van der Waals surface area contributed by atoms with Crippen LogP contribution in [0.1, 0.15) is 53.6 Å². The number of nitrogens with one attached hydrogen (secondary N) is 2. The number of carbonyl (C=O) groups excluding carboxylic acids is 2. The normalized spacial score (nSPS) is 18.2. The average molecular weight is 479 g/mol. The lowest BCUT2D eigenvalue weighted by Gasteiger charge is -2.32. The standard InChI is InChI=1S/C22H27F6N3O2/c23-21(24,25)17-10-16(11-18(12-17)22(26,27)28)20(33)30-13-15-3-6-31(7-4-15)8-5-29-19(32)9-14-1-2-14/h10-12,14-15H,1-9,13H2,(H,29,32)(H,30,33). The molecule has 33 heavy (non-hydrogen) atoms. The fourth-order valence-corrected chi connectivity index (χ4v) is 3.85. The lowest BCUT2D eigenvalue weighted by atomic mass is 9.96. The van der Waals surface area contributed by atoms with E-state index < -0.39 is 35.0 Å². The molecule has 2 N–H and O–H groups in total. The first-order valence-corrected chi connectivity index (χ1v) is 11.0. The molecule has 0 atom stereocenters. The first-order valence-electron chi connectivity index (χ1n) is 11.0. The van der Waals surface area contributed by atoms with Gasteiger partial charge in [-0.15, -0.1) is 0 Å². The molecule has 1 heterocycles. The molecule has 0 spiro atoms. The number of halogens is 6. The first-order chi connectivity index (χ1) is 15.4. The second-order valence-corrected chi connectivity index (χ2v) is 8.79. The maximum absolute atomic E-state index is 13.0. The smallest absolute Gasteiger partial charge is 0.355 e. The van der Waals surface area contributed by atoms with Crippen molar-refractivity contribution in [1.29, 1.82) is 0 Å². The first kappa shape index (κ1) is 25.3. The second kappa shape index (κ2) is 10.3. The molecule has 1 aromatic carbocycles. The molecule has 1 saturated heterocycles. The number of likely N-dealkylation sites (tertiary alicyclic amines) is 1. The highest BCUT2D eigenvalue weighted by atomic mass is 19.4. The van der Waals surface area contributed by atoms with E-state index >= 15 is 0 Å². The zero-order chi connectivity index (χ0) is 24.2. The van der Waals surface area contributed by atoms with Gasteiger partial charge in [0.05, 0.1) is 11.1 Å². The lowest BCUT2D eigenvalue weighted by Crippen LogP contribution is -2.42. The Morgan fingerprint density at radius 3 is 1.94 bits per heavy atom. The highest BCUT2D eigenvalue weighted by Crippen LogP contribution is 2.36. The van der Waals surface area contributed by atoms with Crippen molar-refractivity contribution >= 4 is 11.8 Å². The molecule has 0 bridgehead atoms. The van der Waals surface area contributed by atoms with Gasteiger partial charge >= 0.3 is 12.4 Å². The van der Waals surface area contributed by atoms with Gasteiger partial charge < -0.3 is 15.5 Å². The maximum Gasteiger partial charge on any atom is 0.416 e. The second-order valence-electron chi connectivity index (χ2n) is 8.79. The van der Waals surface area contributed by atoms with Gasteiger partial charge in [-0.3, -0.25) is 9.59 Å². The Hall–Kier alpha value is -2.30. The monoisotopic (exact) mass is 479 g/mol. The van der Waals surface area contributed by atoms with E-state index in [9.17, 15) is 35.9 Å². The Bertz CT molecular complexity index is 811. The van der Waals surface area contributed by atoms with Crippen molar-refractivity contribution in [3.05, 3.63) is 34.9 Å². The quantitative estimate of drug-likeness (QED) is 0.553. The van der Waals surface area contributed by atoms with Crippen molar-refractivity contribution < 1.29 is 35.9 Å². The van der Waals surface area contributed by atoms with Crippen LogP contribution >= 0.6 is 0 Å². The molecule has 1 aliphatic carbocycles. The van der Waals surface area contributed by atoms with E-state index in [-0.39, 0.29) is 24.4 Å². The summed E-state index contributed by atoms with van der Waals surface area (Å²) in [7, 11) is 0. The molecule has 1 aliphatic heterocycles. The van der Waals surface area contributed by atoms with Crippen LogP contribution in [0.3, 0.4) is 0 Å². The number of alkyl halides is 6. The van der Waals surface area contributed by atoms with E-state index in [2.05, 4.69) is 15.5 Å². The number of carbonyl (C=O) groups is 2. The Morgan fingerprint density at radius 2 is 1.42 bits per heavy atom. The molecule has 3 rings (SSSR count). The number of nitrogens with zero attached hydrogens (tertiary/aromatic N) is 1. The molecule has 11 heteroatoms. The molecule has 0 aromatic heterocycles. The summed E-state index contributed by atoms with van der Waals surface area (Å²) in [6.07, 6.45) is -5.72. The highest BCUT2D eigenvalue weighted by Gasteiger charge is 2.37. The van der Waals surface area contributed by atoms with Crippen LogP contribution in [0.25, 0.3) is 0 Å². The van der Waals surface area contributed by atoms with E-state index in [1.807, 2.05) is 0 Å². The minimum absolute atomic E-state index is 0.000865. The van der Waals surface area contributed by atoms with Crippen molar-refractivity contribution in [2.45, 2.75) is 44.5 Å². The zero-order valence-corrected chi connectivity index (χ0v) is 18.0. The predicted molar refractivity (Wildman–Crippen MR) is 108 cm³/mol. The van der Waals surface area contributed by atoms with Crippen LogP contribution in [0, 0.1) is 11.8 Å². The molecule has 0 radical (unpaired) electrons. The number of benzene rings is 1. The van der Waals surface area contributed by atoms with Crippen molar-refractivity contribution in [3.8, 4) is 0 Å². The molecule has 5 nitrogen and oxygen atoms in total.